The molecule has 2 aliphatic heterocycles. The van der Waals surface area contributed by atoms with Crippen molar-refractivity contribution >= 4 is 39.1 Å². The summed E-state index contributed by atoms with van der Waals surface area (Å²) in [7, 11) is 0. The zero-order valence-electron chi connectivity index (χ0n) is 18.9. The van der Waals surface area contributed by atoms with Crippen molar-refractivity contribution in [2.45, 2.75) is 6.54 Å². The number of hydrogen-bond acceptors (Lipinski definition) is 3. The average molecular weight is 554 g/mol. The Balaban J connectivity index is 1.20. The first-order valence-electron chi connectivity index (χ1n) is 11.6. The molecule has 1 amide bonds. The Morgan fingerprint density at radius 2 is 1.77 bits per heavy atom. The Morgan fingerprint density at radius 3 is 2.51 bits per heavy atom. The summed E-state index contributed by atoms with van der Waals surface area (Å²) in [6.45, 7) is 3.93. The van der Waals surface area contributed by atoms with Crippen molar-refractivity contribution in [1.29, 1.82) is 0 Å². The molecular weight excluding hydrogens is 531 g/mol. The number of fused-ring (bicyclic) bond motifs is 2. The number of benzene rings is 2. The first kappa shape index (κ1) is 22.7. The van der Waals surface area contributed by atoms with Crippen LogP contribution in [0.25, 0.3) is 16.9 Å². The Hall–Kier alpha value is -2.74. The molecule has 35 heavy (non-hydrogen) atoms. The number of imidazole rings is 1. The Morgan fingerprint density at radius 1 is 1.03 bits per heavy atom. The quantitative estimate of drug-likeness (QED) is 0.323. The second-order valence-corrected chi connectivity index (χ2v) is 10.7. The van der Waals surface area contributed by atoms with Crippen molar-refractivity contribution in [2.75, 3.05) is 26.2 Å². The van der Waals surface area contributed by atoms with E-state index >= 15 is 0 Å². The third-order valence-electron chi connectivity index (χ3n) is 7.13. The van der Waals surface area contributed by atoms with Gasteiger partial charge in [0.05, 0.1) is 22.0 Å². The minimum Gasteiger partial charge on any atom is -0.338 e. The lowest BCUT2D eigenvalue weighted by Crippen LogP contribution is -2.33. The topological polar surface area (TPSA) is 40.9 Å². The van der Waals surface area contributed by atoms with Gasteiger partial charge in [-0.25, -0.2) is 9.37 Å². The van der Waals surface area contributed by atoms with Gasteiger partial charge in [-0.3, -0.25) is 9.69 Å². The van der Waals surface area contributed by atoms with E-state index in [4.69, 9.17) is 16.6 Å². The summed E-state index contributed by atoms with van der Waals surface area (Å²) >= 11 is 9.70. The molecule has 2 saturated heterocycles. The summed E-state index contributed by atoms with van der Waals surface area (Å²) in [6, 6.07) is 18.3. The third-order valence-corrected chi connectivity index (χ3v) is 7.99. The van der Waals surface area contributed by atoms with Crippen molar-refractivity contribution in [3.63, 3.8) is 0 Å². The van der Waals surface area contributed by atoms with Crippen molar-refractivity contribution in [2.24, 2.45) is 11.8 Å². The maximum Gasteiger partial charge on any atom is 0.255 e. The fourth-order valence-electron chi connectivity index (χ4n) is 5.47. The molecule has 2 fully saturated rings. The van der Waals surface area contributed by atoms with E-state index < -0.39 is 5.82 Å². The van der Waals surface area contributed by atoms with E-state index in [9.17, 15) is 9.18 Å². The number of rotatable bonds is 4. The van der Waals surface area contributed by atoms with Crippen LogP contribution < -0.4 is 0 Å². The molecule has 0 radical (unpaired) electrons. The number of carbonyl (C=O) groups is 1. The van der Waals surface area contributed by atoms with E-state index in [2.05, 4.69) is 43.6 Å². The zero-order chi connectivity index (χ0) is 24.1. The highest BCUT2D eigenvalue weighted by Gasteiger charge is 2.42. The summed E-state index contributed by atoms with van der Waals surface area (Å²) in [5.74, 6) is 0.149. The average Bonchev–Trinajstić information content (AvgIpc) is 3.53. The molecule has 4 heterocycles. The van der Waals surface area contributed by atoms with Crippen LogP contribution in [0.4, 0.5) is 4.39 Å². The highest BCUT2D eigenvalue weighted by molar-refractivity contribution is 9.10. The van der Waals surface area contributed by atoms with Gasteiger partial charge in [0.25, 0.3) is 5.91 Å². The van der Waals surface area contributed by atoms with Gasteiger partial charge in [0, 0.05) is 49.0 Å². The predicted octanol–water partition coefficient (Wildman–Crippen LogP) is 5.76. The molecule has 4 aromatic rings. The van der Waals surface area contributed by atoms with Crippen LogP contribution in [0.2, 0.25) is 5.02 Å². The van der Waals surface area contributed by atoms with Crippen molar-refractivity contribution in [3.8, 4) is 11.3 Å². The molecule has 2 atom stereocenters. The van der Waals surface area contributed by atoms with E-state index in [1.807, 2.05) is 35.2 Å². The lowest BCUT2D eigenvalue weighted by molar-refractivity contribution is 0.0773. The van der Waals surface area contributed by atoms with E-state index in [1.54, 1.807) is 0 Å². The predicted molar refractivity (Wildman–Crippen MR) is 138 cm³/mol. The second-order valence-electron chi connectivity index (χ2n) is 9.39. The molecular formula is C27H23BrClFN4O. The number of likely N-dealkylation sites (tertiary alicyclic amines) is 2. The van der Waals surface area contributed by atoms with Crippen molar-refractivity contribution in [3.05, 3.63) is 93.4 Å². The van der Waals surface area contributed by atoms with Gasteiger partial charge >= 0.3 is 0 Å². The molecule has 5 nitrogen and oxygen atoms in total. The van der Waals surface area contributed by atoms with E-state index in [0.717, 1.165) is 41.0 Å². The molecule has 0 spiro atoms. The summed E-state index contributed by atoms with van der Waals surface area (Å²) in [6.07, 6.45) is 2.07. The molecule has 0 N–H and O–H groups in total. The fraction of sp³-hybridized carbons (Fsp3) is 0.259. The van der Waals surface area contributed by atoms with Crippen LogP contribution in [0.1, 0.15) is 16.1 Å². The standard InChI is InChI=1S/C27H23BrClFN4O/c28-20-6-4-17(5-7-20)26-24(34-10-2-1-3-25(34)31-26)16-32-12-18-14-33(15-19(18)13-32)27(35)22-11-21(30)8-9-23(22)29/h1-11,18-19H,12-16H2. The van der Waals surface area contributed by atoms with E-state index in [0.29, 0.717) is 29.9 Å². The van der Waals surface area contributed by atoms with E-state index in [-0.39, 0.29) is 11.5 Å². The minimum atomic E-state index is -0.446. The van der Waals surface area contributed by atoms with Crippen LogP contribution in [0.5, 0.6) is 0 Å². The van der Waals surface area contributed by atoms with Gasteiger partial charge in [0.15, 0.2) is 0 Å². The van der Waals surface area contributed by atoms with Crippen LogP contribution in [0.3, 0.4) is 0 Å². The normalized spacial score (nSPS) is 20.0. The van der Waals surface area contributed by atoms with Crippen LogP contribution in [-0.4, -0.2) is 51.3 Å². The lowest BCUT2D eigenvalue weighted by atomic mass is 10.0. The highest BCUT2D eigenvalue weighted by atomic mass is 79.9. The Bertz CT molecular complexity index is 1410. The van der Waals surface area contributed by atoms with Gasteiger partial charge in [-0.1, -0.05) is 45.7 Å². The molecule has 2 aromatic heterocycles. The SMILES string of the molecule is O=C(c1cc(F)ccc1Cl)N1CC2CN(Cc3c(-c4ccc(Br)cc4)nc4ccccn34)CC2C1. The van der Waals surface area contributed by atoms with Gasteiger partial charge in [0.2, 0.25) is 0 Å². The van der Waals surface area contributed by atoms with Crippen LogP contribution >= 0.6 is 27.5 Å². The highest BCUT2D eigenvalue weighted by Crippen LogP contribution is 2.35. The van der Waals surface area contributed by atoms with Crippen LogP contribution in [0, 0.1) is 17.7 Å². The van der Waals surface area contributed by atoms with Gasteiger partial charge in [0.1, 0.15) is 11.5 Å². The summed E-state index contributed by atoms with van der Waals surface area (Å²) in [4.78, 5) is 22.2. The van der Waals surface area contributed by atoms with Gasteiger partial charge in [-0.05, 0) is 54.3 Å². The molecule has 2 aliphatic rings. The number of pyridine rings is 1. The smallest absolute Gasteiger partial charge is 0.255 e. The fourth-order valence-corrected chi connectivity index (χ4v) is 5.93. The molecule has 0 aliphatic carbocycles. The van der Waals surface area contributed by atoms with Gasteiger partial charge in [-0.15, -0.1) is 0 Å². The van der Waals surface area contributed by atoms with Gasteiger partial charge < -0.3 is 9.30 Å². The summed E-state index contributed by atoms with van der Waals surface area (Å²) in [5.41, 5.74) is 4.44. The van der Waals surface area contributed by atoms with Crippen molar-refractivity contribution < 1.29 is 9.18 Å². The number of hydrogen-bond donors (Lipinski definition) is 0. The maximum absolute atomic E-state index is 13.7. The number of carbonyl (C=O) groups excluding carboxylic acids is 1. The van der Waals surface area contributed by atoms with E-state index in [1.165, 1.54) is 23.9 Å². The molecule has 0 saturated carbocycles. The summed E-state index contributed by atoms with van der Waals surface area (Å²) in [5, 5.41) is 0.295. The molecule has 2 aromatic carbocycles. The number of halogens is 3. The lowest BCUT2D eigenvalue weighted by Gasteiger charge is -2.22. The minimum absolute atomic E-state index is 0.185. The second kappa shape index (κ2) is 9.04. The largest absolute Gasteiger partial charge is 0.338 e. The Kier molecular flexibility index (Phi) is 5.87. The molecule has 6 rings (SSSR count). The molecule has 8 heteroatoms. The monoisotopic (exact) mass is 552 g/mol. The van der Waals surface area contributed by atoms with Crippen LogP contribution in [0.15, 0.2) is 71.3 Å². The molecule has 0 bridgehead atoms. The van der Waals surface area contributed by atoms with Crippen LogP contribution in [-0.2, 0) is 6.54 Å². The number of nitrogens with zero attached hydrogens (tertiary/aromatic N) is 4. The van der Waals surface area contributed by atoms with Crippen molar-refractivity contribution in [1.82, 2.24) is 19.2 Å². The maximum atomic E-state index is 13.7. The zero-order valence-corrected chi connectivity index (χ0v) is 21.2. The first-order chi connectivity index (χ1) is 17.0. The molecule has 2 unspecified atom stereocenters. The third kappa shape index (κ3) is 4.26. The first-order valence-corrected chi connectivity index (χ1v) is 12.8. The molecule has 178 valence electrons. The summed E-state index contributed by atoms with van der Waals surface area (Å²) < 4.78 is 16.9. The number of amides is 1. The number of aromatic nitrogens is 2. The Labute approximate surface area is 216 Å². The van der Waals surface area contributed by atoms with Gasteiger partial charge in [-0.2, -0.15) is 0 Å².